The highest BCUT2D eigenvalue weighted by Crippen LogP contribution is 2.33. The normalized spacial score (nSPS) is 25.3. The van der Waals surface area contributed by atoms with Crippen LogP contribution in [0.25, 0.3) is 0 Å². The van der Waals surface area contributed by atoms with Crippen LogP contribution >= 0.6 is 0 Å². The minimum absolute atomic E-state index is 0.0441. The Kier molecular flexibility index (Phi) is 4.26. The number of hydrogen-bond donors (Lipinski definition) is 1. The molecule has 7 nitrogen and oxygen atoms in total. The van der Waals surface area contributed by atoms with Gasteiger partial charge in [0.2, 0.25) is 5.82 Å². The third kappa shape index (κ3) is 3.21. The van der Waals surface area contributed by atoms with Crippen LogP contribution in [0.5, 0.6) is 0 Å². The Balaban J connectivity index is 2.30. The lowest BCUT2D eigenvalue weighted by Crippen LogP contribution is -2.34. The molecule has 1 N–H and O–H groups in total. The van der Waals surface area contributed by atoms with Gasteiger partial charge in [-0.25, -0.2) is 4.79 Å². The molecule has 0 bridgehead atoms. The van der Waals surface area contributed by atoms with E-state index in [0.717, 1.165) is 10.8 Å². The van der Waals surface area contributed by atoms with Crippen molar-refractivity contribution >= 4 is 5.97 Å². The van der Waals surface area contributed by atoms with Crippen LogP contribution in [0.2, 0.25) is 0 Å². The van der Waals surface area contributed by atoms with E-state index in [4.69, 9.17) is 9.47 Å². The number of aromatic nitrogens is 2. The number of carbonyl (C=O) groups is 1. The molecule has 116 valence electrons. The third-order valence-corrected chi connectivity index (χ3v) is 3.32. The molecule has 2 heterocycles. The summed E-state index contributed by atoms with van der Waals surface area (Å²) < 4.78 is 25.2. The third-order valence-electron chi connectivity index (χ3n) is 3.32. The number of rotatable bonds is 3. The highest BCUT2D eigenvalue weighted by molar-refractivity contribution is 5.66. The molecule has 1 aromatic heterocycles. The minimum atomic E-state index is -1.08. The number of H-pyrrole nitrogens is 1. The molecule has 0 spiro atoms. The average molecular weight is 300 g/mol. The summed E-state index contributed by atoms with van der Waals surface area (Å²) >= 11 is 0. The van der Waals surface area contributed by atoms with Crippen LogP contribution in [0.3, 0.4) is 0 Å². The van der Waals surface area contributed by atoms with Crippen molar-refractivity contribution in [1.82, 2.24) is 9.55 Å². The summed E-state index contributed by atoms with van der Waals surface area (Å²) in [5.74, 6) is -1.48. The minimum Gasteiger partial charge on any atom is -0.460 e. The number of hydrogen-bond acceptors (Lipinski definition) is 5. The maximum Gasteiger partial charge on any atom is 0.330 e. The van der Waals surface area contributed by atoms with Crippen molar-refractivity contribution in [3.63, 3.8) is 0 Å². The molecule has 2 rings (SSSR count). The summed E-state index contributed by atoms with van der Waals surface area (Å²) in [4.78, 5) is 35.8. The molecule has 0 saturated carbocycles. The standard InChI is InChI=1S/C13H17FN2O5/c1-6(2)11-9(20-7(3)17)4-10(21-11)16-5-8(14)12(18)15-13(16)19/h5-6,9-11H,4H2,1-3H3,(H,15,18,19). The van der Waals surface area contributed by atoms with E-state index >= 15 is 0 Å². The van der Waals surface area contributed by atoms with E-state index in [0.29, 0.717) is 0 Å². The van der Waals surface area contributed by atoms with Gasteiger partial charge in [-0.15, -0.1) is 0 Å². The van der Waals surface area contributed by atoms with Gasteiger partial charge < -0.3 is 9.47 Å². The van der Waals surface area contributed by atoms with E-state index in [9.17, 15) is 18.8 Å². The van der Waals surface area contributed by atoms with E-state index in [1.165, 1.54) is 6.92 Å². The molecule has 0 amide bonds. The van der Waals surface area contributed by atoms with Gasteiger partial charge in [0.1, 0.15) is 12.3 Å². The summed E-state index contributed by atoms with van der Waals surface area (Å²) in [7, 11) is 0. The molecule has 8 heteroatoms. The summed E-state index contributed by atoms with van der Waals surface area (Å²) in [6.45, 7) is 5.07. The predicted octanol–water partition coefficient (Wildman–Crippen LogP) is 0.551. The molecule has 0 aromatic carbocycles. The first-order chi connectivity index (χ1) is 9.79. The van der Waals surface area contributed by atoms with Crippen molar-refractivity contribution in [2.45, 2.75) is 45.6 Å². The van der Waals surface area contributed by atoms with Crippen LogP contribution in [0, 0.1) is 11.7 Å². The molecule has 21 heavy (non-hydrogen) atoms. The molecule has 1 fully saturated rings. The van der Waals surface area contributed by atoms with Gasteiger partial charge in [-0.05, 0) is 5.92 Å². The number of ether oxygens (including phenoxy) is 2. The fourth-order valence-corrected chi connectivity index (χ4v) is 2.43. The second-order valence-electron chi connectivity index (χ2n) is 5.33. The van der Waals surface area contributed by atoms with Crippen molar-refractivity contribution in [1.29, 1.82) is 0 Å². The maximum atomic E-state index is 13.3. The fourth-order valence-electron chi connectivity index (χ4n) is 2.43. The molecular weight excluding hydrogens is 283 g/mol. The summed E-state index contributed by atoms with van der Waals surface area (Å²) in [5.41, 5.74) is -1.84. The van der Waals surface area contributed by atoms with Crippen molar-refractivity contribution in [3.8, 4) is 0 Å². The molecule has 3 unspecified atom stereocenters. The van der Waals surface area contributed by atoms with Crippen LogP contribution in [0.15, 0.2) is 15.8 Å². The van der Waals surface area contributed by atoms with Gasteiger partial charge in [-0.1, -0.05) is 13.8 Å². The van der Waals surface area contributed by atoms with E-state index < -0.39 is 41.5 Å². The van der Waals surface area contributed by atoms with Crippen molar-refractivity contribution in [2.24, 2.45) is 5.92 Å². The molecule has 1 saturated heterocycles. The second-order valence-corrected chi connectivity index (χ2v) is 5.33. The van der Waals surface area contributed by atoms with Gasteiger partial charge in [0.25, 0.3) is 5.56 Å². The van der Waals surface area contributed by atoms with Gasteiger partial charge >= 0.3 is 11.7 Å². The summed E-state index contributed by atoms with van der Waals surface area (Å²) in [6, 6.07) is 0. The lowest BCUT2D eigenvalue weighted by molar-refractivity contribution is -0.150. The van der Waals surface area contributed by atoms with E-state index in [-0.39, 0.29) is 12.3 Å². The van der Waals surface area contributed by atoms with Gasteiger partial charge in [-0.2, -0.15) is 4.39 Å². The van der Waals surface area contributed by atoms with E-state index in [1.807, 2.05) is 18.8 Å². The number of carbonyl (C=O) groups excluding carboxylic acids is 1. The van der Waals surface area contributed by atoms with Gasteiger partial charge in [0.05, 0.1) is 12.3 Å². The summed E-state index contributed by atoms with van der Waals surface area (Å²) in [6.07, 6.45) is -0.691. The van der Waals surface area contributed by atoms with Crippen LogP contribution in [-0.4, -0.2) is 27.7 Å². The number of nitrogens with one attached hydrogen (secondary N) is 1. The van der Waals surface area contributed by atoms with Crippen LogP contribution in [-0.2, 0) is 14.3 Å². The Morgan fingerprint density at radius 1 is 1.52 bits per heavy atom. The Morgan fingerprint density at radius 2 is 2.19 bits per heavy atom. The molecule has 1 aliphatic rings. The summed E-state index contributed by atoms with van der Waals surface area (Å²) in [5, 5.41) is 0. The number of halogens is 1. The first-order valence-electron chi connectivity index (χ1n) is 6.63. The van der Waals surface area contributed by atoms with Crippen molar-refractivity contribution < 1.29 is 18.7 Å². The van der Waals surface area contributed by atoms with E-state index in [1.54, 1.807) is 0 Å². The Morgan fingerprint density at radius 3 is 2.76 bits per heavy atom. The van der Waals surface area contributed by atoms with Crippen LogP contribution in [0.4, 0.5) is 4.39 Å². The van der Waals surface area contributed by atoms with Gasteiger partial charge in [0.15, 0.2) is 0 Å². The first-order valence-corrected chi connectivity index (χ1v) is 6.63. The van der Waals surface area contributed by atoms with Crippen molar-refractivity contribution in [2.75, 3.05) is 0 Å². The Labute approximate surface area is 119 Å². The average Bonchev–Trinajstić information content (AvgIpc) is 2.76. The Hall–Kier alpha value is -1.96. The molecule has 3 atom stereocenters. The monoisotopic (exact) mass is 300 g/mol. The molecule has 1 aromatic rings. The first kappa shape index (κ1) is 15.4. The SMILES string of the molecule is CC(=O)OC1CC(n2cc(F)c(=O)[nH]c2=O)OC1C(C)C. The van der Waals surface area contributed by atoms with Crippen LogP contribution < -0.4 is 11.2 Å². The number of esters is 1. The lowest BCUT2D eigenvalue weighted by atomic mass is 10.0. The predicted molar refractivity (Wildman–Crippen MR) is 70.2 cm³/mol. The lowest BCUT2D eigenvalue weighted by Gasteiger charge is -2.21. The zero-order chi connectivity index (χ0) is 15.7. The number of aromatic amines is 1. The molecule has 1 aliphatic heterocycles. The van der Waals surface area contributed by atoms with Crippen LogP contribution in [0.1, 0.15) is 33.4 Å². The number of nitrogens with zero attached hydrogens (tertiary/aromatic N) is 1. The highest BCUT2D eigenvalue weighted by atomic mass is 19.1. The quantitative estimate of drug-likeness (QED) is 0.823. The zero-order valence-electron chi connectivity index (χ0n) is 12.0. The molecule has 0 aliphatic carbocycles. The highest BCUT2D eigenvalue weighted by Gasteiger charge is 2.40. The van der Waals surface area contributed by atoms with Crippen molar-refractivity contribution in [3.05, 3.63) is 32.9 Å². The van der Waals surface area contributed by atoms with E-state index in [2.05, 4.69) is 0 Å². The Bertz CT molecular complexity index is 651. The zero-order valence-corrected chi connectivity index (χ0v) is 12.0. The molecular formula is C13H17FN2O5. The van der Waals surface area contributed by atoms with Gasteiger partial charge in [-0.3, -0.25) is 19.1 Å². The molecule has 0 radical (unpaired) electrons. The second kappa shape index (κ2) is 5.80. The fraction of sp³-hybridized carbons (Fsp3) is 0.615. The largest absolute Gasteiger partial charge is 0.460 e. The maximum absolute atomic E-state index is 13.3. The topological polar surface area (TPSA) is 90.4 Å². The smallest absolute Gasteiger partial charge is 0.330 e. The van der Waals surface area contributed by atoms with Gasteiger partial charge in [0, 0.05) is 13.3 Å².